The van der Waals surface area contributed by atoms with Gasteiger partial charge in [0.15, 0.2) is 5.96 Å². The van der Waals surface area contributed by atoms with Gasteiger partial charge in [-0.15, -0.1) is 0 Å². The van der Waals surface area contributed by atoms with Crippen molar-refractivity contribution in [3.8, 4) is 0 Å². The molecule has 128 valence electrons. The SMILES string of the molecule is CCNC(=NCC(C)(C)OC)NC1CC1c1c(F)cccc1F. The number of hydrogen-bond acceptors (Lipinski definition) is 2. The van der Waals surface area contributed by atoms with Crippen LogP contribution in [0.1, 0.15) is 38.7 Å². The second-order valence-corrected chi connectivity index (χ2v) is 6.39. The van der Waals surface area contributed by atoms with Gasteiger partial charge >= 0.3 is 0 Å². The Bertz CT molecular complexity index is 555. The molecule has 1 saturated carbocycles. The molecule has 0 radical (unpaired) electrons. The number of nitrogens with zero attached hydrogens (tertiary/aromatic N) is 1. The third-order valence-corrected chi connectivity index (χ3v) is 4.00. The molecule has 0 heterocycles. The lowest BCUT2D eigenvalue weighted by molar-refractivity contribution is 0.0310. The molecule has 0 bridgehead atoms. The molecule has 6 heteroatoms. The number of guanidine groups is 1. The quantitative estimate of drug-likeness (QED) is 0.624. The molecule has 4 nitrogen and oxygen atoms in total. The van der Waals surface area contributed by atoms with Crippen LogP contribution >= 0.6 is 0 Å². The standard InChI is InChI=1S/C17H25F2N3O/c1-5-20-16(21-10-17(2,3)23-4)22-14-9-11(14)15-12(18)7-6-8-13(15)19/h6-8,11,14H,5,9-10H2,1-4H3,(H2,20,21,22). The van der Waals surface area contributed by atoms with E-state index in [2.05, 4.69) is 15.6 Å². The molecule has 1 aromatic rings. The molecule has 0 amide bonds. The zero-order valence-electron chi connectivity index (χ0n) is 14.1. The molecular weight excluding hydrogens is 300 g/mol. The normalized spacial score (nSPS) is 21.2. The Morgan fingerprint density at radius 2 is 2.00 bits per heavy atom. The van der Waals surface area contributed by atoms with Gasteiger partial charge < -0.3 is 15.4 Å². The highest BCUT2D eigenvalue weighted by Gasteiger charge is 2.42. The summed E-state index contributed by atoms with van der Waals surface area (Å²) >= 11 is 0. The number of aliphatic imine (C=N–C) groups is 1. The molecule has 1 fully saturated rings. The van der Waals surface area contributed by atoms with Crippen molar-refractivity contribution in [2.24, 2.45) is 4.99 Å². The Hall–Kier alpha value is -1.69. The Kier molecular flexibility index (Phi) is 5.57. The average molecular weight is 325 g/mol. The van der Waals surface area contributed by atoms with Crippen LogP contribution in [0.5, 0.6) is 0 Å². The van der Waals surface area contributed by atoms with Gasteiger partial charge in [-0.3, -0.25) is 4.99 Å². The summed E-state index contributed by atoms with van der Waals surface area (Å²) < 4.78 is 33.0. The molecule has 1 aliphatic carbocycles. The van der Waals surface area contributed by atoms with Crippen molar-refractivity contribution in [2.45, 2.75) is 44.8 Å². The minimum atomic E-state index is -0.484. The first-order chi connectivity index (χ1) is 10.9. The van der Waals surface area contributed by atoms with Crippen molar-refractivity contribution in [3.05, 3.63) is 35.4 Å². The average Bonchev–Trinajstić information content (AvgIpc) is 3.24. The highest BCUT2D eigenvalue weighted by Crippen LogP contribution is 2.43. The van der Waals surface area contributed by atoms with Crippen LogP contribution in [0, 0.1) is 11.6 Å². The smallest absolute Gasteiger partial charge is 0.191 e. The van der Waals surface area contributed by atoms with Gasteiger partial charge in [0.05, 0.1) is 12.1 Å². The van der Waals surface area contributed by atoms with Crippen LogP contribution in [0.4, 0.5) is 8.78 Å². The minimum Gasteiger partial charge on any atom is -0.377 e. The summed E-state index contributed by atoms with van der Waals surface area (Å²) in [4.78, 5) is 4.49. The molecule has 1 aliphatic rings. The number of nitrogens with one attached hydrogen (secondary N) is 2. The fourth-order valence-electron chi connectivity index (χ4n) is 2.37. The second kappa shape index (κ2) is 7.25. The maximum Gasteiger partial charge on any atom is 0.191 e. The Balaban J connectivity index is 2.01. The summed E-state index contributed by atoms with van der Waals surface area (Å²) in [5.74, 6) is -0.485. The molecule has 0 saturated heterocycles. The highest BCUT2D eigenvalue weighted by molar-refractivity contribution is 5.80. The Morgan fingerprint density at radius 3 is 2.57 bits per heavy atom. The van der Waals surface area contributed by atoms with Crippen LogP contribution in [0.3, 0.4) is 0 Å². The minimum absolute atomic E-state index is 0.00939. The van der Waals surface area contributed by atoms with E-state index in [1.807, 2.05) is 20.8 Å². The number of rotatable bonds is 6. The molecule has 23 heavy (non-hydrogen) atoms. The van der Waals surface area contributed by atoms with E-state index >= 15 is 0 Å². The predicted molar refractivity (Wildman–Crippen MR) is 87.7 cm³/mol. The van der Waals surface area contributed by atoms with E-state index in [0.29, 0.717) is 25.5 Å². The third-order valence-electron chi connectivity index (χ3n) is 4.00. The van der Waals surface area contributed by atoms with Crippen LogP contribution < -0.4 is 10.6 Å². The molecular formula is C17H25F2N3O. The number of methoxy groups -OCH3 is 1. The molecule has 2 N–H and O–H groups in total. The summed E-state index contributed by atoms with van der Waals surface area (Å²) in [5, 5.41) is 6.39. The van der Waals surface area contributed by atoms with Gasteiger partial charge in [0, 0.05) is 31.2 Å². The number of benzene rings is 1. The fourth-order valence-corrected chi connectivity index (χ4v) is 2.37. The summed E-state index contributed by atoms with van der Waals surface area (Å²) in [5.41, 5.74) is -0.193. The molecule has 2 atom stereocenters. The lowest BCUT2D eigenvalue weighted by Crippen LogP contribution is -2.40. The van der Waals surface area contributed by atoms with E-state index in [4.69, 9.17) is 4.74 Å². The molecule has 0 aliphatic heterocycles. The zero-order chi connectivity index (χ0) is 17.0. The second-order valence-electron chi connectivity index (χ2n) is 6.39. The number of halogens is 2. The maximum absolute atomic E-state index is 13.8. The van der Waals surface area contributed by atoms with Crippen LogP contribution in [0.15, 0.2) is 23.2 Å². The van der Waals surface area contributed by atoms with Crippen molar-refractivity contribution in [2.75, 3.05) is 20.2 Å². The van der Waals surface area contributed by atoms with Gasteiger partial charge in [0.25, 0.3) is 0 Å². The summed E-state index contributed by atoms with van der Waals surface area (Å²) in [6.45, 7) is 7.08. The van der Waals surface area contributed by atoms with Crippen LogP contribution in [-0.2, 0) is 4.74 Å². The van der Waals surface area contributed by atoms with E-state index in [-0.39, 0.29) is 23.1 Å². The van der Waals surface area contributed by atoms with E-state index in [9.17, 15) is 8.78 Å². The predicted octanol–water partition coefficient (Wildman–Crippen LogP) is 2.80. The molecule has 2 rings (SSSR count). The highest BCUT2D eigenvalue weighted by atomic mass is 19.1. The first kappa shape index (κ1) is 17.7. The summed E-state index contributed by atoms with van der Waals surface area (Å²) in [6.07, 6.45) is 0.690. The van der Waals surface area contributed by atoms with Gasteiger partial charge in [0.2, 0.25) is 0 Å². The lowest BCUT2D eigenvalue weighted by atomic mass is 10.1. The Morgan fingerprint density at radius 1 is 1.35 bits per heavy atom. The van der Waals surface area contributed by atoms with Gasteiger partial charge in [-0.2, -0.15) is 0 Å². The maximum atomic E-state index is 13.8. The fraction of sp³-hybridized carbons (Fsp3) is 0.588. The van der Waals surface area contributed by atoms with Gasteiger partial charge in [-0.1, -0.05) is 6.07 Å². The molecule has 0 aromatic heterocycles. The molecule has 2 unspecified atom stereocenters. The van der Waals surface area contributed by atoms with E-state index in [1.165, 1.54) is 18.2 Å². The Labute approximate surface area is 136 Å². The zero-order valence-corrected chi connectivity index (χ0v) is 14.1. The van der Waals surface area contributed by atoms with Gasteiger partial charge in [-0.05, 0) is 39.3 Å². The largest absolute Gasteiger partial charge is 0.377 e. The van der Waals surface area contributed by atoms with Gasteiger partial charge in [-0.25, -0.2) is 8.78 Å². The molecule has 1 aromatic carbocycles. The number of ether oxygens (including phenoxy) is 1. The molecule has 0 spiro atoms. The number of hydrogen-bond donors (Lipinski definition) is 2. The first-order valence-electron chi connectivity index (χ1n) is 7.92. The van der Waals surface area contributed by atoms with E-state index in [1.54, 1.807) is 7.11 Å². The third kappa shape index (κ3) is 4.64. The monoisotopic (exact) mass is 325 g/mol. The van der Waals surface area contributed by atoms with Crippen molar-refractivity contribution in [1.29, 1.82) is 0 Å². The van der Waals surface area contributed by atoms with Crippen LogP contribution in [-0.4, -0.2) is 37.8 Å². The van der Waals surface area contributed by atoms with Crippen molar-refractivity contribution in [3.63, 3.8) is 0 Å². The first-order valence-corrected chi connectivity index (χ1v) is 7.92. The summed E-state index contributed by atoms with van der Waals surface area (Å²) in [6, 6.07) is 3.98. The van der Waals surface area contributed by atoms with Crippen LogP contribution in [0.25, 0.3) is 0 Å². The van der Waals surface area contributed by atoms with Crippen LogP contribution in [0.2, 0.25) is 0 Å². The lowest BCUT2D eigenvalue weighted by Gasteiger charge is -2.21. The van der Waals surface area contributed by atoms with Gasteiger partial charge in [0.1, 0.15) is 11.6 Å². The van der Waals surface area contributed by atoms with Crippen molar-refractivity contribution < 1.29 is 13.5 Å². The van der Waals surface area contributed by atoms with E-state index < -0.39 is 11.6 Å². The van der Waals surface area contributed by atoms with E-state index in [0.717, 1.165) is 0 Å². The summed E-state index contributed by atoms with van der Waals surface area (Å²) in [7, 11) is 1.65. The van der Waals surface area contributed by atoms with Crippen molar-refractivity contribution in [1.82, 2.24) is 10.6 Å². The topological polar surface area (TPSA) is 45.7 Å². The van der Waals surface area contributed by atoms with Crippen molar-refractivity contribution >= 4 is 5.96 Å².